The third-order valence-electron chi connectivity index (χ3n) is 2.19. The Balaban J connectivity index is 3.50. The fourth-order valence-electron chi connectivity index (χ4n) is 1.04. The number of rotatable bonds is 7. The van der Waals surface area contributed by atoms with E-state index in [4.69, 9.17) is 12.2 Å². The van der Waals surface area contributed by atoms with Gasteiger partial charge in [0.25, 0.3) is 0 Å². The summed E-state index contributed by atoms with van der Waals surface area (Å²) in [5, 5.41) is 9.57. The summed E-state index contributed by atoms with van der Waals surface area (Å²) in [7, 11) is 0. The van der Waals surface area contributed by atoms with Gasteiger partial charge in [-0.15, -0.1) is 0 Å². The van der Waals surface area contributed by atoms with Gasteiger partial charge in [0.1, 0.15) is 0 Å². The van der Waals surface area contributed by atoms with E-state index >= 15 is 0 Å². The highest BCUT2D eigenvalue weighted by Gasteiger charge is 2.04. The molecule has 16 heavy (non-hydrogen) atoms. The third kappa shape index (κ3) is 8.47. The lowest BCUT2D eigenvalue weighted by Gasteiger charge is -2.12. The quantitative estimate of drug-likeness (QED) is 0.589. The van der Waals surface area contributed by atoms with Gasteiger partial charge in [-0.25, -0.2) is 0 Å². The average Bonchev–Trinajstić information content (AvgIpc) is 2.26. The second-order valence-corrected chi connectivity index (χ2v) is 4.22. The summed E-state index contributed by atoms with van der Waals surface area (Å²) < 4.78 is 0. The van der Waals surface area contributed by atoms with Crippen molar-refractivity contribution in [1.29, 1.82) is 0 Å². The predicted octanol–water partition coefficient (Wildman–Crippen LogP) is 1.17. The van der Waals surface area contributed by atoms with Crippen molar-refractivity contribution in [2.24, 2.45) is 0 Å². The lowest BCUT2D eigenvalue weighted by molar-refractivity contribution is -0.121. The normalized spacial score (nSPS) is 11.7. The molecule has 0 saturated carbocycles. The molecule has 0 spiro atoms. The monoisotopic (exact) mass is 245 g/mol. The van der Waals surface area contributed by atoms with Crippen LogP contribution in [0.3, 0.4) is 0 Å². The maximum Gasteiger partial charge on any atom is 0.221 e. The summed E-state index contributed by atoms with van der Waals surface area (Å²) in [6.45, 7) is 7.57. The third-order valence-corrected chi connectivity index (χ3v) is 2.48. The average molecular weight is 245 g/mol. The number of amides is 1. The molecule has 0 aromatic rings. The summed E-state index contributed by atoms with van der Waals surface area (Å²) in [5.41, 5.74) is 0. The second kappa shape index (κ2) is 9.39. The van der Waals surface area contributed by atoms with E-state index in [-0.39, 0.29) is 11.9 Å². The molecule has 0 bridgehead atoms. The maximum atomic E-state index is 11.4. The van der Waals surface area contributed by atoms with Crippen LogP contribution >= 0.6 is 12.2 Å². The van der Waals surface area contributed by atoms with Crippen molar-refractivity contribution in [1.82, 2.24) is 16.0 Å². The highest BCUT2D eigenvalue weighted by atomic mass is 32.1. The lowest BCUT2D eigenvalue weighted by Crippen LogP contribution is -2.39. The highest BCUT2D eigenvalue weighted by molar-refractivity contribution is 7.80. The van der Waals surface area contributed by atoms with Gasteiger partial charge in [0, 0.05) is 25.6 Å². The Bertz CT molecular complexity index is 221. The summed E-state index contributed by atoms with van der Waals surface area (Å²) in [6, 6.07) is 0.248. The minimum absolute atomic E-state index is 0.0696. The molecule has 0 aliphatic rings. The van der Waals surface area contributed by atoms with E-state index in [2.05, 4.69) is 22.9 Å². The van der Waals surface area contributed by atoms with Crippen molar-refractivity contribution < 1.29 is 4.79 Å². The zero-order chi connectivity index (χ0) is 12.4. The number of hydrogen-bond acceptors (Lipinski definition) is 2. The molecular formula is C11H23N3OS. The Morgan fingerprint density at radius 1 is 1.25 bits per heavy atom. The molecule has 0 rings (SSSR count). The fourth-order valence-corrected chi connectivity index (χ4v) is 1.24. The second-order valence-electron chi connectivity index (χ2n) is 3.81. The van der Waals surface area contributed by atoms with E-state index in [1.807, 2.05) is 13.8 Å². The first kappa shape index (κ1) is 15.2. The Kier molecular flexibility index (Phi) is 8.90. The first-order valence-electron chi connectivity index (χ1n) is 5.91. The number of carbonyl (C=O) groups is 1. The zero-order valence-electron chi connectivity index (χ0n) is 10.4. The van der Waals surface area contributed by atoms with Crippen LogP contribution in [0.1, 0.15) is 40.0 Å². The van der Waals surface area contributed by atoms with E-state index in [1.165, 1.54) is 0 Å². The van der Waals surface area contributed by atoms with E-state index in [0.29, 0.717) is 18.1 Å². The van der Waals surface area contributed by atoms with Crippen molar-refractivity contribution in [3.63, 3.8) is 0 Å². The molecule has 0 heterocycles. The molecule has 94 valence electrons. The number of hydrogen-bond donors (Lipinski definition) is 3. The number of nitrogens with one attached hydrogen (secondary N) is 3. The Labute approximate surface area is 104 Å². The van der Waals surface area contributed by atoms with E-state index in [0.717, 1.165) is 19.4 Å². The van der Waals surface area contributed by atoms with Crippen LogP contribution in [-0.2, 0) is 4.79 Å². The molecule has 1 amide bonds. The van der Waals surface area contributed by atoms with Gasteiger partial charge < -0.3 is 16.0 Å². The van der Waals surface area contributed by atoms with Crippen LogP contribution in [0.2, 0.25) is 0 Å². The van der Waals surface area contributed by atoms with Gasteiger partial charge in [0.2, 0.25) is 5.91 Å². The van der Waals surface area contributed by atoms with Gasteiger partial charge in [-0.1, -0.05) is 13.8 Å². The van der Waals surface area contributed by atoms with Gasteiger partial charge >= 0.3 is 0 Å². The Hall–Kier alpha value is -0.840. The fraction of sp³-hybridized carbons (Fsp3) is 0.818. The molecule has 1 atom stereocenters. The summed E-state index contributed by atoms with van der Waals surface area (Å²) in [4.78, 5) is 11.4. The predicted molar refractivity (Wildman–Crippen MR) is 71.4 cm³/mol. The molecule has 3 N–H and O–H groups in total. The summed E-state index contributed by atoms with van der Waals surface area (Å²) >= 11 is 5.03. The highest BCUT2D eigenvalue weighted by Crippen LogP contribution is 1.89. The molecule has 0 aliphatic heterocycles. The molecule has 0 radical (unpaired) electrons. The summed E-state index contributed by atoms with van der Waals surface area (Å²) in [6.07, 6.45) is 2.45. The van der Waals surface area contributed by atoms with E-state index in [1.54, 1.807) is 0 Å². The molecule has 0 aromatic carbocycles. The molecular weight excluding hydrogens is 222 g/mol. The topological polar surface area (TPSA) is 53.2 Å². The minimum Gasteiger partial charge on any atom is -0.363 e. The molecule has 1 unspecified atom stereocenters. The van der Waals surface area contributed by atoms with Crippen LogP contribution < -0.4 is 16.0 Å². The lowest BCUT2D eigenvalue weighted by atomic mass is 10.2. The van der Waals surface area contributed by atoms with Crippen molar-refractivity contribution in [3.8, 4) is 0 Å². The van der Waals surface area contributed by atoms with Crippen LogP contribution in [0.25, 0.3) is 0 Å². The zero-order valence-corrected chi connectivity index (χ0v) is 11.2. The van der Waals surface area contributed by atoms with Gasteiger partial charge in [-0.2, -0.15) is 0 Å². The van der Waals surface area contributed by atoms with Crippen LogP contribution in [0, 0.1) is 0 Å². The number of carbonyl (C=O) groups excluding carboxylic acids is 1. The number of thiocarbonyl (C=S) groups is 1. The standard InChI is InChI=1S/C11H23N3OS/c1-4-7-12-11(16)13-8-6-10(15)14-9(3)5-2/h9H,4-8H2,1-3H3,(H,14,15)(H2,12,13,16). The first-order chi connectivity index (χ1) is 7.60. The first-order valence-corrected chi connectivity index (χ1v) is 6.32. The molecule has 5 heteroatoms. The molecule has 0 aromatic heterocycles. The van der Waals surface area contributed by atoms with Gasteiger partial charge in [-0.05, 0) is 32.0 Å². The molecule has 0 fully saturated rings. The van der Waals surface area contributed by atoms with Crippen LogP contribution in [0.4, 0.5) is 0 Å². The van der Waals surface area contributed by atoms with Crippen LogP contribution in [-0.4, -0.2) is 30.2 Å². The van der Waals surface area contributed by atoms with E-state index in [9.17, 15) is 4.79 Å². The molecule has 0 aliphatic carbocycles. The Morgan fingerprint density at radius 2 is 1.88 bits per heavy atom. The smallest absolute Gasteiger partial charge is 0.221 e. The van der Waals surface area contributed by atoms with Crippen LogP contribution in [0.5, 0.6) is 0 Å². The van der Waals surface area contributed by atoms with E-state index < -0.39 is 0 Å². The van der Waals surface area contributed by atoms with Crippen LogP contribution in [0.15, 0.2) is 0 Å². The molecule has 0 saturated heterocycles. The van der Waals surface area contributed by atoms with Crippen molar-refractivity contribution >= 4 is 23.2 Å². The van der Waals surface area contributed by atoms with Crippen molar-refractivity contribution in [2.75, 3.05) is 13.1 Å². The van der Waals surface area contributed by atoms with Gasteiger partial charge in [0.15, 0.2) is 5.11 Å². The largest absolute Gasteiger partial charge is 0.363 e. The van der Waals surface area contributed by atoms with Gasteiger partial charge in [-0.3, -0.25) is 4.79 Å². The van der Waals surface area contributed by atoms with Crippen molar-refractivity contribution in [2.45, 2.75) is 46.1 Å². The minimum atomic E-state index is 0.0696. The molecule has 4 nitrogen and oxygen atoms in total. The van der Waals surface area contributed by atoms with Gasteiger partial charge in [0.05, 0.1) is 0 Å². The SMILES string of the molecule is CCCNC(=S)NCCC(=O)NC(C)CC. The van der Waals surface area contributed by atoms with Crippen molar-refractivity contribution in [3.05, 3.63) is 0 Å². The summed E-state index contributed by atoms with van der Waals surface area (Å²) in [5.74, 6) is 0.0696. The Morgan fingerprint density at radius 3 is 2.44 bits per heavy atom. The maximum absolute atomic E-state index is 11.4.